The number of carbonyl (C=O) groups excluding carboxylic acids is 1. The molecule has 2 saturated heterocycles. The summed E-state index contributed by atoms with van der Waals surface area (Å²) in [7, 11) is 1.94. The number of ether oxygens (including phenoxy) is 1. The van der Waals surface area contributed by atoms with Crippen molar-refractivity contribution in [1.82, 2.24) is 14.8 Å². The van der Waals surface area contributed by atoms with E-state index in [0.29, 0.717) is 12.5 Å². The Labute approximate surface area is 142 Å². The van der Waals surface area contributed by atoms with Gasteiger partial charge in [-0.15, -0.1) is 0 Å². The highest BCUT2D eigenvalue weighted by atomic mass is 16.5. The number of likely N-dealkylation sites (N-methyl/N-ethyl adjacent to an activating group) is 1. The van der Waals surface area contributed by atoms with Gasteiger partial charge in [0.15, 0.2) is 0 Å². The van der Waals surface area contributed by atoms with Crippen LogP contribution in [0.3, 0.4) is 0 Å². The van der Waals surface area contributed by atoms with E-state index < -0.39 is 0 Å². The molecular weight excluding hydrogens is 302 g/mol. The van der Waals surface area contributed by atoms with Gasteiger partial charge in [-0.25, -0.2) is 0 Å². The number of nitrogens with one attached hydrogen (secondary N) is 1. The van der Waals surface area contributed by atoms with Crippen molar-refractivity contribution in [3.63, 3.8) is 0 Å². The molecule has 1 atom stereocenters. The predicted molar refractivity (Wildman–Crippen MR) is 94.2 cm³/mol. The van der Waals surface area contributed by atoms with Crippen LogP contribution in [0, 0.1) is 0 Å². The van der Waals surface area contributed by atoms with Gasteiger partial charge in [-0.05, 0) is 37.5 Å². The van der Waals surface area contributed by atoms with E-state index in [9.17, 15) is 4.79 Å². The molecule has 0 spiro atoms. The van der Waals surface area contributed by atoms with Gasteiger partial charge >= 0.3 is 0 Å². The molecule has 1 unspecified atom stereocenters. The van der Waals surface area contributed by atoms with E-state index in [2.05, 4.69) is 28.1 Å². The van der Waals surface area contributed by atoms with Crippen LogP contribution in [0.5, 0.6) is 5.75 Å². The Morgan fingerprint density at radius 1 is 1.21 bits per heavy atom. The third-order valence-electron chi connectivity index (χ3n) is 5.48. The molecule has 2 fully saturated rings. The number of hydrogen-bond acceptors (Lipinski definition) is 3. The molecule has 0 radical (unpaired) electrons. The summed E-state index contributed by atoms with van der Waals surface area (Å²) >= 11 is 0. The molecular formula is C19H25N3O2. The van der Waals surface area contributed by atoms with Crippen LogP contribution in [0.1, 0.15) is 25.7 Å². The minimum atomic E-state index is 0.282. The number of fused-ring (bicyclic) bond motifs is 1. The molecule has 4 rings (SSSR count). The molecule has 3 heterocycles. The molecule has 5 heteroatoms. The first-order chi connectivity index (χ1) is 11.7. The van der Waals surface area contributed by atoms with Crippen LogP contribution in [0.2, 0.25) is 0 Å². The number of carbonyl (C=O) groups is 1. The van der Waals surface area contributed by atoms with Crippen LogP contribution in [-0.4, -0.2) is 59.5 Å². The number of aromatic amines is 1. The van der Waals surface area contributed by atoms with E-state index >= 15 is 0 Å². The number of benzene rings is 1. The zero-order valence-electron chi connectivity index (χ0n) is 14.2. The number of H-pyrrole nitrogens is 1. The summed E-state index contributed by atoms with van der Waals surface area (Å²) < 4.78 is 6.27. The zero-order chi connectivity index (χ0) is 16.5. The number of likely N-dealkylation sites (tertiary alicyclic amines) is 2. The fourth-order valence-electron chi connectivity index (χ4n) is 3.92. The van der Waals surface area contributed by atoms with Crippen molar-refractivity contribution < 1.29 is 9.53 Å². The van der Waals surface area contributed by atoms with E-state index in [1.807, 2.05) is 24.2 Å². The van der Waals surface area contributed by atoms with Crippen molar-refractivity contribution in [3.8, 4) is 5.75 Å². The van der Waals surface area contributed by atoms with Crippen LogP contribution >= 0.6 is 0 Å². The quantitative estimate of drug-likeness (QED) is 0.939. The minimum absolute atomic E-state index is 0.282. The van der Waals surface area contributed by atoms with Crippen LogP contribution in [-0.2, 0) is 4.79 Å². The number of amides is 1. The van der Waals surface area contributed by atoms with Crippen molar-refractivity contribution in [2.45, 2.75) is 37.8 Å². The van der Waals surface area contributed by atoms with Crippen molar-refractivity contribution in [3.05, 3.63) is 30.5 Å². The van der Waals surface area contributed by atoms with E-state index in [0.717, 1.165) is 55.5 Å². The average molecular weight is 327 g/mol. The van der Waals surface area contributed by atoms with Gasteiger partial charge in [-0.1, -0.05) is 6.07 Å². The number of rotatable bonds is 4. The van der Waals surface area contributed by atoms with E-state index in [4.69, 9.17) is 4.74 Å². The van der Waals surface area contributed by atoms with Crippen molar-refractivity contribution in [2.75, 3.05) is 26.7 Å². The van der Waals surface area contributed by atoms with Crippen molar-refractivity contribution in [2.24, 2.45) is 0 Å². The van der Waals surface area contributed by atoms with Gasteiger partial charge in [0.1, 0.15) is 11.9 Å². The molecule has 2 aliphatic heterocycles. The fraction of sp³-hybridized carbons (Fsp3) is 0.526. The second kappa shape index (κ2) is 6.48. The third kappa shape index (κ3) is 3.00. The van der Waals surface area contributed by atoms with Gasteiger partial charge in [0.25, 0.3) is 0 Å². The summed E-state index contributed by atoms with van der Waals surface area (Å²) in [5.41, 5.74) is 1.12. The zero-order valence-corrected chi connectivity index (χ0v) is 14.2. The lowest BCUT2D eigenvalue weighted by molar-refractivity contribution is -0.127. The monoisotopic (exact) mass is 327 g/mol. The Bertz CT molecular complexity index is 718. The molecule has 2 aromatic rings. The SMILES string of the molecule is CN1C(=O)CCC1CN1CCC(Oc2cccc3[nH]ccc23)CC1. The second-order valence-corrected chi connectivity index (χ2v) is 7.01. The predicted octanol–water partition coefficient (Wildman–Crippen LogP) is 2.63. The first-order valence-corrected chi connectivity index (χ1v) is 8.91. The van der Waals surface area contributed by atoms with Crippen LogP contribution in [0.25, 0.3) is 10.9 Å². The summed E-state index contributed by atoms with van der Waals surface area (Å²) in [6.45, 7) is 3.10. The summed E-state index contributed by atoms with van der Waals surface area (Å²) in [4.78, 5) is 19.3. The van der Waals surface area contributed by atoms with E-state index in [-0.39, 0.29) is 12.0 Å². The lowest BCUT2D eigenvalue weighted by atomic mass is 10.1. The molecule has 5 nitrogen and oxygen atoms in total. The first kappa shape index (κ1) is 15.5. The number of nitrogens with zero attached hydrogens (tertiary/aromatic N) is 2. The topological polar surface area (TPSA) is 48.6 Å². The number of hydrogen-bond donors (Lipinski definition) is 1. The highest BCUT2D eigenvalue weighted by molar-refractivity contribution is 5.85. The van der Waals surface area contributed by atoms with Gasteiger partial charge in [-0.3, -0.25) is 4.79 Å². The third-order valence-corrected chi connectivity index (χ3v) is 5.48. The molecule has 1 aromatic heterocycles. The Balaban J connectivity index is 1.32. The van der Waals surface area contributed by atoms with Crippen molar-refractivity contribution in [1.29, 1.82) is 0 Å². The molecule has 128 valence electrons. The lowest BCUT2D eigenvalue weighted by Crippen LogP contribution is -2.45. The number of piperidine rings is 1. The molecule has 0 bridgehead atoms. The van der Waals surface area contributed by atoms with Gasteiger partial charge in [0.05, 0.1) is 0 Å². The Kier molecular flexibility index (Phi) is 4.19. The summed E-state index contributed by atoms with van der Waals surface area (Å²) in [5.74, 6) is 1.27. The first-order valence-electron chi connectivity index (χ1n) is 8.91. The standard InChI is InChI=1S/C19H25N3O2/c1-21-14(5-6-19(21)23)13-22-11-8-15(9-12-22)24-18-4-2-3-17-16(18)7-10-20-17/h2-4,7,10,14-15,20H,5-6,8-9,11-13H2,1H3. The normalized spacial score (nSPS) is 23.3. The maximum absolute atomic E-state index is 11.7. The Morgan fingerprint density at radius 2 is 2.04 bits per heavy atom. The van der Waals surface area contributed by atoms with E-state index in [1.165, 1.54) is 0 Å². The highest BCUT2D eigenvalue weighted by Crippen LogP contribution is 2.28. The number of aromatic nitrogens is 1. The van der Waals surface area contributed by atoms with Crippen LogP contribution in [0.15, 0.2) is 30.5 Å². The Hall–Kier alpha value is -2.01. The van der Waals surface area contributed by atoms with Crippen molar-refractivity contribution >= 4 is 16.8 Å². The summed E-state index contributed by atoms with van der Waals surface area (Å²) in [6.07, 6.45) is 6.04. The summed E-state index contributed by atoms with van der Waals surface area (Å²) in [6, 6.07) is 8.64. The van der Waals surface area contributed by atoms with Gasteiger partial charge in [-0.2, -0.15) is 0 Å². The Morgan fingerprint density at radius 3 is 2.79 bits per heavy atom. The fourth-order valence-corrected chi connectivity index (χ4v) is 3.92. The highest BCUT2D eigenvalue weighted by Gasteiger charge is 2.30. The molecule has 0 saturated carbocycles. The molecule has 0 aliphatic carbocycles. The second-order valence-electron chi connectivity index (χ2n) is 7.01. The smallest absolute Gasteiger partial charge is 0.222 e. The maximum Gasteiger partial charge on any atom is 0.222 e. The lowest BCUT2D eigenvalue weighted by Gasteiger charge is -2.35. The van der Waals surface area contributed by atoms with E-state index in [1.54, 1.807) is 0 Å². The average Bonchev–Trinajstić information content (AvgIpc) is 3.19. The van der Waals surface area contributed by atoms with Crippen LogP contribution < -0.4 is 4.74 Å². The molecule has 1 N–H and O–H groups in total. The van der Waals surface area contributed by atoms with Gasteiger partial charge < -0.3 is 19.5 Å². The largest absolute Gasteiger partial charge is 0.490 e. The molecule has 24 heavy (non-hydrogen) atoms. The van der Waals surface area contributed by atoms with Gasteiger partial charge in [0, 0.05) is 56.2 Å². The molecule has 2 aliphatic rings. The maximum atomic E-state index is 11.7. The minimum Gasteiger partial charge on any atom is -0.490 e. The molecule has 1 aromatic carbocycles. The van der Waals surface area contributed by atoms with Gasteiger partial charge in [0.2, 0.25) is 5.91 Å². The summed E-state index contributed by atoms with van der Waals surface area (Å²) in [5, 5.41) is 1.16. The van der Waals surface area contributed by atoms with Crippen LogP contribution in [0.4, 0.5) is 0 Å². The molecule has 1 amide bonds.